The molecule has 3 aliphatic heterocycles. The van der Waals surface area contributed by atoms with Crippen LogP contribution in [0, 0.1) is 18.7 Å². The zero-order valence-electron chi connectivity index (χ0n) is 16.7. The Morgan fingerprint density at radius 1 is 1.27 bits per heavy atom. The first-order valence-corrected chi connectivity index (χ1v) is 10.7. The summed E-state index contributed by atoms with van der Waals surface area (Å²) in [6.45, 7) is 4.58. The predicted molar refractivity (Wildman–Crippen MR) is 108 cm³/mol. The Hall–Kier alpha value is -1.84. The summed E-state index contributed by atoms with van der Waals surface area (Å²) in [6, 6.07) is 0.0500. The number of fused-ring (bicyclic) bond motifs is 2. The molecular weight excluding hydrogens is 416 g/mol. The first-order valence-electron chi connectivity index (χ1n) is 10.3. The van der Waals surface area contributed by atoms with Gasteiger partial charge in [-0.2, -0.15) is 9.97 Å². The maximum atomic E-state index is 14.8. The van der Waals surface area contributed by atoms with Crippen LogP contribution >= 0.6 is 11.6 Å². The van der Waals surface area contributed by atoms with Crippen molar-refractivity contribution in [2.24, 2.45) is 5.92 Å². The molecule has 3 fully saturated rings. The molecule has 0 aliphatic carbocycles. The van der Waals surface area contributed by atoms with Gasteiger partial charge in [0.1, 0.15) is 24.1 Å². The Morgan fingerprint density at radius 3 is 2.83 bits per heavy atom. The summed E-state index contributed by atoms with van der Waals surface area (Å²) >= 11 is 5.96. The minimum Gasteiger partial charge on any atom is -0.461 e. The molecule has 2 aromatic rings. The Labute approximate surface area is 178 Å². The van der Waals surface area contributed by atoms with E-state index in [0.29, 0.717) is 43.0 Å². The van der Waals surface area contributed by atoms with Gasteiger partial charge in [0.25, 0.3) is 0 Å². The van der Waals surface area contributed by atoms with Crippen molar-refractivity contribution in [2.75, 3.05) is 44.3 Å². The highest BCUT2D eigenvalue weighted by atomic mass is 35.5. The number of hydrogen-bond donors (Lipinski definition) is 1. The fourth-order valence-corrected chi connectivity index (χ4v) is 5.29. The number of aliphatic hydroxyl groups excluding tert-OH is 1. The van der Waals surface area contributed by atoms with Crippen LogP contribution in [0.1, 0.15) is 25.0 Å². The molecule has 0 saturated carbocycles. The maximum Gasteiger partial charge on any atom is 0.319 e. The molecule has 2 aromatic heterocycles. The zero-order valence-corrected chi connectivity index (χ0v) is 17.5. The number of alkyl halides is 1. The van der Waals surface area contributed by atoms with Crippen molar-refractivity contribution in [1.82, 2.24) is 19.9 Å². The molecule has 5 rings (SSSR count). The largest absolute Gasteiger partial charge is 0.461 e. The smallest absolute Gasteiger partial charge is 0.319 e. The molecule has 0 bridgehead atoms. The van der Waals surface area contributed by atoms with Crippen LogP contribution in [-0.4, -0.2) is 76.1 Å². The number of pyridine rings is 1. The van der Waals surface area contributed by atoms with E-state index in [0.717, 1.165) is 19.4 Å². The average molecular weight is 440 g/mol. The van der Waals surface area contributed by atoms with Crippen LogP contribution in [0.15, 0.2) is 0 Å². The van der Waals surface area contributed by atoms with E-state index in [1.807, 2.05) is 4.90 Å². The van der Waals surface area contributed by atoms with Gasteiger partial charge in [-0.15, -0.1) is 0 Å². The van der Waals surface area contributed by atoms with E-state index in [1.165, 1.54) is 0 Å². The van der Waals surface area contributed by atoms with E-state index < -0.39 is 12.0 Å². The van der Waals surface area contributed by atoms with Gasteiger partial charge in [0, 0.05) is 38.6 Å². The Balaban J connectivity index is 1.50. The molecule has 1 N–H and O–H groups in total. The minimum absolute atomic E-state index is 0.0500. The van der Waals surface area contributed by atoms with Crippen LogP contribution in [0.5, 0.6) is 6.01 Å². The van der Waals surface area contributed by atoms with E-state index in [9.17, 15) is 13.9 Å². The number of hydrogen-bond acceptors (Lipinski definition) is 7. The molecule has 162 valence electrons. The minimum atomic E-state index is -0.858. The fourth-order valence-electron chi connectivity index (χ4n) is 5.07. The van der Waals surface area contributed by atoms with E-state index in [2.05, 4.69) is 19.9 Å². The van der Waals surface area contributed by atoms with Gasteiger partial charge in [-0.25, -0.2) is 13.8 Å². The molecule has 2 atom stereocenters. The lowest BCUT2D eigenvalue weighted by Crippen LogP contribution is -2.49. The van der Waals surface area contributed by atoms with Crippen LogP contribution in [0.4, 0.5) is 14.6 Å². The summed E-state index contributed by atoms with van der Waals surface area (Å²) in [4.78, 5) is 17.0. The summed E-state index contributed by atoms with van der Waals surface area (Å²) in [5.41, 5.74) is 0.249. The lowest BCUT2D eigenvalue weighted by Gasteiger charge is -2.39. The number of halogens is 3. The molecule has 0 spiro atoms. The van der Waals surface area contributed by atoms with Gasteiger partial charge in [0.2, 0.25) is 0 Å². The second kappa shape index (κ2) is 7.39. The standard InChI is InChI=1S/C20H24ClF2N5O2/c1-11-14-16(15(23)17(21)24-11)25-19(26-18(14)27-6-12(7-27)9-29)30-10-20-3-2-4-28(20)8-13(22)5-20/h12-13,29H,2-10H2,1H3/t13-,20+/m1/s1. The molecule has 0 radical (unpaired) electrons. The Morgan fingerprint density at radius 2 is 2.07 bits per heavy atom. The van der Waals surface area contributed by atoms with Gasteiger partial charge in [0.05, 0.1) is 16.6 Å². The van der Waals surface area contributed by atoms with Crippen molar-refractivity contribution in [1.29, 1.82) is 0 Å². The molecule has 7 nitrogen and oxygen atoms in total. The fraction of sp³-hybridized carbons (Fsp3) is 0.650. The highest BCUT2D eigenvalue weighted by molar-refractivity contribution is 6.30. The predicted octanol–water partition coefficient (Wildman–Crippen LogP) is 2.51. The van der Waals surface area contributed by atoms with Gasteiger partial charge in [-0.1, -0.05) is 11.6 Å². The van der Waals surface area contributed by atoms with Crippen molar-refractivity contribution in [2.45, 2.75) is 37.9 Å². The lowest BCUT2D eigenvalue weighted by molar-refractivity contribution is 0.107. The summed E-state index contributed by atoms with van der Waals surface area (Å²) in [5.74, 6) is -0.0399. The van der Waals surface area contributed by atoms with E-state index >= 15 is 0 Å². The van der Waals surface area contributed by atoms with E-state index in [4.69, 9.17) is 16.3 Å². The number of aryl methyl sites for hydroxylation is 1. The second-order valence-corrected chi connectivity index (χ2v) is 9.03. The number of ether oxygens (including phenoxy) is 1. The molecule has 3 saturated heterocycles. The normalized spacial score (nSPS) is 27.0. The van der Waals surface area contributed by atoms with Crippen molar-refractivity contribution in [3.63, 3.8) is 0 Å². The quantitative estimate of drug-likeness (QED) is 0.717. The molecule has 30 heavy (non-hydrogen) atoms. The molecule has 3 aliphatic rings. The molecule has 0 amide bonds. The number of nitrogens with zero attached hydrogens (tertiary/aromatic N) is 5. The SMILES string of the molecule is Cc1nc(Cl)c(F)c2nc(OC[C@@]34CCCN3C[C@H](F)C4)nc(N3CC(CO)C3)c12. The first-order chi connectivity index (χ1) is 14.4. The molecule has 10 heteroatoms. The summed E-state index contributed by atoms with van der Waals surface area (Å²) in [5, 5.41) is 9.60. The molecule has 0 unspecified atom stereocenters. The third-order valence-corrected chi connectivity index (χ3v) is 6.88. The third kappa shape index (κ3) is 3.18. The van der Waals surface area contributed by atoms with Crippen molar-refractivity contribution in [3.8, 4) is 6.01 Å². The maximum absolute atomic E-state index is 14.8. The van der Waals surface area contributed by atoms with Crippen molar-refractivity contribution < 1.29 is 18.6 Å². The van der Waals surface area contributed by atoms with Crippen LogP contribution in [-0.2, 0) is 0 Å². The molecule has 5 heterocycles. The van der Waals surface area contributed by atoms with Crippen LogP contribution in [0.25, 0.3) is 10.9 Å². The number of anilines is 1. The van der Waals surface area contributed by atoms with Crippen LogP contribution in [0.2, 0.25) is 5.15 Å². The van der Waals surface area contributed by atoms with Gasteiger partial charge < -0.3 is 14.7 Å². The summed E-state index contributed by atoms with van der Waals surface area (Å²) in [7, 11) is 0. The van der Waals surface area contributed by atoms with Gasteiger partial charge in [-0.3, -0.25) is 4.90 Å². The summed E-state index contributed by atoms with van der Waals surface area (Å²) < 4.78 is 34.8. The number of aromatic nitrogens is 3. The van der Waals surface area contributed by atoms with E-state index in [-0.39, 0.29) is 41.4 Å². The van der Waals surface area contributed by atoms with Gasteiger partial charge in [0.15, 0.2) is 11.0 Å². The number of rotatable bonds is 5. The van der Waals surface area contributed by atoms with Crippen molar-refractivity contribution in [3.05, 3.63) is 16.7 Å². The van der Waals surface area contributed by atoms with Crippen LogP contribution < -0.4 is 9.64 Å². The molecular formula is C20H24ClF2N5O2. The van der Waals surface area contributed by atoms with E-state index in [1.54, 1.807) is 6.92 Å². The monoisotopic (exact) mass is 439 g/mol. The number of aliphatic hydroxyl groups is 1. The highest BCUT2D eigenvalue weighted by Gasteiger charge is 2.49. The topological polar surface area (TPSA) is 74.6 Å². The molecule has 0 aromatic carbocycles. The lowest BCUT2D eigenvalue weighted by atomic mass is 9.95. The van der Waals surface area contributed by atoms with Crippen LogP contribution in [0.3, 0.4) is 0 Å². The Bertz CT molecular complexity index is 990. The third-order valence-electron chi connectivity index (χ3n) is 6.63. The second-order valence-electron chi connectivity index (χ2n) is 8.67. The van der Waals surface area contributed by atoms with Gasteiger partial charge in [-0.05, 0) is 26.3 Å². The van der Waals surface area contributed by atoms with Crippen molar-refractivity contribution >= 4 is 28.3 Å². The van der Waals surface area contributed by atoms with Gasteiger partial charge >= 0.3 is 6.01 Å². The highest BCUT2D eigenvalue weighted by Crippen LogP contribution is 2.41. The average Bonchev–Trinajstić information content (AvgIpc) is 3.19. The Kier molecular flexibility index (Phi) is 4.95. The first kappa shape index (κ1) is 20.1. The zero-order chi connectivity index (χ0) is 21.0. The summed E-state index contributed by atoms with van der Waals surface area (Å²) in [6.07, 6.45) is 1.44.